The standard InChI is InChI=1S/C14H12FIN2O/c1-8-6-10(16)3-5-13(8)18-14(19)11-4-2-9(15)7-12(11)17/h2-7H,17H2,1H3,(H,18,19). The van der Waals surface area contributed by atoms with Crippen LogP contribution in [0.2, 0.25) is 0 Å². The number of hydrogen-bond acceptors (Lipinski definition) is 2. The van der Waals surface area contributed by atoms with Crippen molar-refractivity contribution in [3.8, 4) is 0 Å². The second kappa shape index (κ2) is 5.56. The summed E-state index contributed by atoms with van der Waals surface area (Å²) in [6.07, 6.45) is 0. The fraction of sp³-hybridized carbons (Fsp3) is 0.0714. The fourth-order valence-electron chi connectivity index (χ4n) is 1.70. The number of amides is 1. The number of hydrogen-bond donors (Lipinski definition) is 2. The Hall–Kier alpha value is -1.63. The highest BCUT2D eigenvalue weighted by Gasteiger charge is 2.11. The van der Waals surface area contributed by atoms with Crippen LogP contribution in [0.15, 0.2) is 36.4 Å². The van der Waals surface area contributed by atoms with E-state index in [9.17, 15) is 9.18 Å². The monoisotopic (exact) mass is 370 g/mol. The minimum atomic E-state index is -0.459. The number of carbonyl (C=O) groups excluding carboxylic acids is 1. The van der Waals surface area contributed by atoms with E-state index in [0.29, 0.717) is 5.69 Å². The summed E-state index contributed by atoms with van der Waals surface area (Å²) in [6, 6.07) is 9.42. The van der Waals surface area contributed by atoms with Crippen LogP contribution in [0.1, 0.15) is 15.9 Å². The third-order valence-electron chi connectivity index (χ3n) is 2.69. The lowest BCUT2D eigenvalue weighted by Crippen LogP contribution is -2.15. The third kappa shape index (κ3) is 3.23. The second-order valence-electron chi connectivity index (χ2n) is 4.14. The lowest BCUT2D eigenvalue weighted by molar-refractivity contribution is 0.102. The van der Waals surface area contributed by atoms with Crippen molar-refractivity contribution < 1.29 is 9.18 Å². The van der Waals surface area contributed by atoms with Crippen LogP contribution in [-0.4, -0.2) is 5.91 Å². The maximum absolute atomic E-state index is 12.9. The van der Waals surface area contributed by atoms with Crippen molar-refractivity contribution in [3.05, 3.63) is 56.9 Å². The number of halogens is 2. The van der Waals surface area contributed by atoms with Gasteiger partial charge in [-0.15, -0.1) is 0 Å². The average Bonchev–Trinajstić information content (AvgIpc) is 2.32. The van der Waals surface area contributed by atoms with Crippen LogP contribution >= 0.6 is 22.6 Å². The fourth-order valence-corrected chi connectivity index (χ4v) is 2.34. The van der Waals surface area contributed by atoms with Crippen LogP contribution in [0.4, 0.5) is 15.8 Å². The Bertz CT molecular complexity index is 643. The van der Waals surface area contributed by atoms with Gasteiger partial charge in [-0.1, -0.05) is 0 Å². The molecular weight excluding hydrogens is 358 g/mol. The highest BCUT2D eigenvalue weighted by atomic mass is 127. The molecule has 2 rings (SSSR count). The van der Waals surface area contributed by atoms with Crippen LogP contribution < -0.4 is 11.1 Å². The Labute approximate surface area is 124 Å². The number of nitrogens with two attached hydrogens (primary N) is 1. The molecule has 2 aromatic rings. The summed E-state index contributed by atoms with van der Waals surface area (Å²) >= 11 is 2.20. The molecule has 0 aliphatic rings. The van der Waals surface area contributed by atoms with E-state index in [0.717, 1.165) is 15.2 Å². The van der Waals surface area contributed by atoms with Gasteiger partial charge in [0.2, 0.25) is 0 Å². The maximum Gasteiger partial charge on any atom is 0.257 e. The molecule has 0 atom stereocenters. The topological polar surface area (TPSA) is 55.1 Å². The molecule has 0 aromatic heterocycles. The summed E-state index contributed by atoms with van der Waals surface area (Å²) in [7, 11) is 0. The van der Waals surface area contributed by atoms with E-state index in [-0.39, 0.29) is 17.2 Å². The van der Waals surface area contributed by atoms with Crippen LogP contribution in [0.3, 0.4) is 0 Å². The van der Waals surface area contributed by atoms with Crippen molar-refractivity contribution in [2.24, 2.45) is 0 Å². The smallest absolute Gasteiger partial charge is 0.257 e. The van der Waals surface area contributed by atoms with E-state index >= 15 is 0 Å². The Kier molecular flexibility index (Phi) is 4.04. The predicted molar refractivity (Wildman–Crippen MR) is 82.7 cm³/mol. The molecule has 0 unspecified atom stereocenters. The zero-order chi connectivity index (χ0) is 14.0. The lowest BCUT2D eigenvalue weighted by Gasteiger charge is -2.10. The molecule has 0 aliphatic heterocycles. The first-order valence-corrected chi connectivity index (χ1v) is 6.68. The summed E-state index contributed by atoms with van der Waals surface area (Å²) in [5, 5.41) is 2.77. The minimum absolute atomic E-state index is 0.126. The molecule has 2 aromatic carbocycles. The first kappa shape index (κ1) is 13.8. The zero-order valence-electron chi connectivity index (χ0n) is 10.2. The molecule has 19 heavy (non-hydrogen) atoms. The molecule has 0 saturated carbocycles. The molecular formula is C14H12FIN2O. The summed E-state index contributed by atoms with van der Waals surface area (Å²) in [5.74, 6) is -0.804. The van der Waals surface area contributed by atoms with Crippen molar-refractivity contribution in [1.82, 2.24) is 0 Å². The van der Waals surface area contributed by atoms with Crippen LogP contribution in [-0.2, 0) is 0 Å². The van der Waals surface area contributed by atoms with Gasteiger partial charge in [0.15, 0.2) is 0 Å². The molecule has 0 heterocycles. The first-order chi connectivity index (χ1) is 8.97. The number of benzene rings is 2. The van der Waals surface area contributed by atoms with Crippen LogP contribution in [0.25, 0.3) is 0 Å². The van der Waals surface area contributed by atoms with Gasteiger partial charge < -0.3 is 11.1 Å². The largest absolute Gasteiger partial charge is 0.398 e. The molecule has 0 spiro atoms. The molecule has 3 nitrogen and oxygen atoms in total. The normalized spacial score (nSPS) is 10.3. The van der Waals surface area contributed by atoms with Crippen molar-refractivity contribution in [2.75, 3.05) is 11.1 Å². The van der Waals surface area contributed by atoms with E-state index in [1.54, 1.807) is 0 Å². The maximum atomic E-state index is 12.9. The van der Waals surface area contributed by atoms with Crippen LogP contribution in [0.5, 0.6) is 0 Å². The first-order valence-electron chi connectivity index (χ1n) is 5.60. The number of anilines is 2. The number of rotatable bonds is 2. The number of nitrogen functional groups attached to an aromatic ring is 1. The van der Waals surface area contributed by atoms with E-state index < -0.39 is 5.82 Å². The predicted octanol–water partition coefficient (Wildman–Crippen LogP) is 3.57. The molecule has 0 bridgehead atoms. The molecule has 98 valence electrons. The van der Waals surface area contributed by atoms with Gasteiger partial charge in [0.05, 0.1) is 5.56 Å². The zero-order valence-corrected chi connectivity index (χ0v) is 12.4. The average molecular weight is 370 g/mol. The number of carbonyl (C=O) groups is 1. The Morgan fingerprint density at radius 1 is 1.26 bits per heavy atom. The molecule has 5 heteroatoms. The van der Waals surface area contributed by atoms with Crippen molar-refractivity contribution in [3.63, 3.8) is 0 Å². The van der Waals surface area contributed by atoms with Crippen molar-refractivity contribution >= 4 is 39.9 Å². The van der Waals surface area contributed by atoms with Gasteiger partial charge in [0.25, 0.3) is 5.91 Å². The summed E-state index contributed by atoms with van der Waals surface area (Å²) in [4.78, 5) is 12.1. The quantitative estimate of drug-likeness (QED) is 0.627. The molecule has 0 saturated heterocycles. The highest BCUT2D eigenvalue weighted by molar-refractivity contribution is 14.1. The van der Waals surface area contributed by atoms with Crippen LogP contribution in [0, 0.1) is 16.3 Å². The number of nitrogens with one attached hydrogen (secondary N) is 1. The third-order valence-corrected chi connectivity index (χ3v) is 3.37. The lowest BCUT2D eigenvalue weighted by atomic mass is 10.1. The van der Waals surface area contributed by atoms with E-state index in [1.807, 2.05) is 25.1 Å². The van der Waals surface area contributed by atoms with Gasteiger partial charge in [-0.3, -0.25) is 4.79 Å². The van der Waals surface area contributed by atoms with Crippen molar-refractivity contribution in [1.29, 1.82) is 0 Å². The molecule has 0 aliphatic carbocycles. The van der Waals surface area contributed by atoms with E-state index in [2.05, 4.69) is 27.9 Å². The number of aryl methyl sites for hydroxylation is 1. The Balaban J connectivity index is 2.25. The Morgan fingerprint density at radius 3 is 2.63 bits per heavy atom. The van der Waals surface area contributed by atoms with Gasteiger partial charge in [-0.25, -0.2) is 4.39 Å². The Morgan fingerprint density at radius 2 is 2.00 bits per heavy atom. The van der Waals surface area contributed by atoms with Crippen molar-refractivity contribution in [2.45, 2.75) is 6.92 Å². The molecule has 0 fully saturated rings. The van der Waals surface area contributed by atoms with Gasteiger partial charge in [-0.05, 0) is 71.5 Å². The van der Waals surface area contributed by atoms with Gasteiger partial charge >= 0.3 is 0 Å². The van der Waals surface area contributed by atoms with Gasteiger partial charge in [0.1, 0.15) is 5.82 Å². The molecule has 1 amide bonds. The van der Waals surface area contributed by atoms with Gasteiger partial charge in [-0.2, -0.15) is 0 Å². The van der Waals surface area contributed by atoms with Gasteiger partial charge in [0, 0.05) is 14.9 Å². The molecule has 0 radical (unpaired) electrons. The highest BCUT2D eigenvalue weighted by Crippen LogP contribution is 2.20. The summed E-state index contributed by atoms with van der Waals surface area (Å²) < 4.78 is 14.0. The minimum Gasteiger partial charge on any atom is -0.398 e. The second-order valence-corrected chi connectivity index (χ2v) is 5.39. The summed E-state index contributed by atoms with van der Waals surface area (Å²) in [5.41, 5.74) is 7.70. The summed E-state index contributed by atoms with van der Waals surface area (Å²) in [6.45, 7) is 1.91. The molecule has 3 N–H and O–H groups in total. The van der Waals surface area contributed by atoms with E-state index in [4.69, 9.17) is 5.73 Å². The van der Waals surface area contributed by atoms with E-state index in [1.165, 1.54) is 12.1 Å². The SMILES string of the molecule is Cc1cc(I)ccc1NC(=O)c1ccc(F)cc1N.